The summed E-state index contributed by atoms with van der Waals surface area (Å²) in [6.07, 6.45) is 0.948. The van der Waals surface area contributed by atoms with Gasteiger partial charge < -0.3 is 9.80 Å². The number of H-pyrrole nitrogens is 1. The average molecular weight is 366 g/mol. The maximum absolute atomic E-state index is 12.7. The molecule has 0 radical (unpaired) electrons. The van der Waals surface area contributed by atoms with Crippen molar-refractivity contribution in [3.05, 3.63) is 58.3 Å². The highest BCUT2D eigenvalue weighted by Gasteiger charge is 2.22. The van der Waals surface area contributed by atoms with Gasteiger partial charge in [0.1, 0.15) is 0 Å². The van der Waals surface area contributed by atoms with Crippen LogP contribution in [0.3, 0.4) is 0 Å². The number of nitrogens with zero attached hydrogens (tertiary/aromatic N) is 3. The Balaban J connectivity index is 1.44. The highest BCUT2D eigenvalue weighted by molar-refractivity contribution is 7.13. The van der Waals surface area contributed by atoms with E-state index in [4.69, 9.17) is 0 Å². The summed E-state index contributed by atoms with van der Waals surface area (Å²) in [5.74, 6) is 1.10. The van der Waals surface area contributed by atoms with Crippen molar-refractivity contribution in [3.8, 4) is 11.3 Å². The van der Waals surface area contributed by atoms with E-state index < -0.39 is 0 Å². The van der Waals surface area contributed by atoms with Crippen LogP contribution in [0.1, 0.15) is 21.0 Å². The van der Waals surface area contributed by atoms with E-state index in [0.717, 1.165) is 54.6 Å². The summed E-state index contributed by atoms with van der Waals surface area (Å²) < 4.78 is 0. The summed E-state index contributed by atoms with van der Waals surface area (Å²) in [5.41, 5.74) is 2.15. The van der Waals surface area contributed by atoms with Gasteiger partial charge in [-0.15, -0.1) is 11.3 Å². The van der Waals surface area contributed by atoms with Gasteiger partial charge in [-0.25, -0.2) is 0 Å². The molecule has 1 fully saturated rings. The number of thiophene rings is 1. The molecule has 1 amide bonds. The van der Waals surface area contributed by atoms with Crippen molar-refractivity contribution in [1.29, 1.82) is 0 Å². The third-order valence-electron chi connectivity index (χ3n) is 4.71. The lowest BCUT2D eigenvalue weighted by molar-refractivity contribution is 0.0772. The summed E-state index contributed by atoms with van der Waals surface area (Å²) in [4.78, 5) is 18.9. The minimum Gasteiger partial charge on any atom is -0.353 e. The van der Waals surface area contributed by atoms with Crippen molar-refractivity contribution in [1.82, 2.24) is 15.1 Å². The molecule has 0 atom stereocenters. The number of rotatable bonds is 3. The molecule has 1 aliphatic heterocycles. The smallest absolute Gasteiger partial charge is 0.263 e. The number of aromatic nitrogens is 2. The molecule has 4 rings (SSSR count). The zero-order valence-electron chi connectivity index (χ0n) is 14.8. The zero-order valence-corrected chi connectivity index (χ0v) is 15.6. The number of benzene rings is 1. The second kappa shape index (κ2) is 7.33. The monoisotopic (exact) mass is 366 g/mol. The highest BCUT2D eigenvalue weighted by Crippen LogP contribution is 2.23. The predicted octanol–water partition coefficient (Wildman–Crippen LogP) is 3.80. The van der Waals surface area contributed by atoms with Crippen LogP contribution < -0.4 is 4.90 Å². The van der Waals surface area contributed by atoms with Crippen LogP contribution in [0, 0.1) is 6.92 Å². The van der Waals surface area contributed by atoms with Gasteiger partial charge in [0.25, 0.3) is 5.91 Å². The Labute approximate surface area is 157 Å². The van der Waals surface area contributed by atoms with E-state index in [1.54, 1.807) is 11.3 Å². The Hall–Kier alpha value is -2.60. The van der Waals surface area contributed by atoms with Crippen molar-refractivity contribution in [2.75, 3.05) is 31.1 Å². The minimum absolute atomic E-state index is 0.150. The molecule has 3 aromatic rings. The summed E-state index contributed by atoms with van der Waals surface area (Å²) >= 11 is 1.57. The first kappa shape index (κ1) is 16.8. The van der Waals surface area contributed by atoms with Crippen LogP contribution in [0.4, 0.5) is 5.82 Å². The molecule has 6 heteroatoms. The van der Waals surface area contributed by atoms with Crippen LogP contribution in [0.5, 0.6) is 0 Å². The summed E-state index contributed by atoms with van der Waals surface area (Å²) in [6, 6.07) is 16.2. The molecular weight excluding hydrogens is 344 g/mol. The van der Waals surface area contributed by atoms with Gasteiger partial charge in [0.15, 0.2) is 5.82 Å². The van der Waals surface area contributed by atoms with Gasteiger partial charge in [0.2, 0.25) is 0 Å². The molecule has 134 valence electrons. The first-order valence-electron chi connectivity index (χ1n) is 8.92. The lowest BCUT2D eigenvalue weighted by Crippen LogP contribution is -2.34. The van der Waals surface area contributed by atoms with Crippen molar-refractivity contribution >= 4 is 23.1 Å². The van der Waals surface area contributed by atoms with Crippen molar-refractivity contribution in [2.45, 2.75) is 13.3 Å². The summed E-state index contributed by atoms with van der Waals surface area (Å²) in [5, 5.41) is 7.62. The molecule has 5 nitrogen and oxygen atoms in total. The molecule has 0 aliphatic carbocycles. The lowest BCUT2D eigenvalue weighted by atomic mass is 10.1. The zero-order chi connectivity index (χ0) is 17.9. The number of hydrogen-bond acceptors (Lipinski definition) is 4. The molecule has 1 N–H and O–H groups in total. The first-order valence-corrected chi connectivity index (χ1v) is 9.74. The fourth-order valence-electron chi connectivity index (χ4n) is 3.29. The number of aryl methyl sites for hydroxylation is 1. The predicted molar refractivity (Wildman–Crippen MR) is 106 cm³/mol. The van der Waals surface area contributed by atoms with Crippen LogP contribution >= 0.6 is 11.3 Å². The maximum atomic E-state index is 12.7. The van der Waals surface area contributed by atoms with Crippen molar-refractivity contribution in [2.24, 2.45) is 0 Å². The van der Waals surface area contributed by atoms with Crippen LogP contribution in [0.15, 0.2) is 48.5 Å². The third kappa shape index (κ3) is 3.51. The van der Waals surface area contributed by atoms with Gasteiger partial charge in [0.05, 0.1) is 10.6 Å². The van der Waals surface area contributed by atoms with E-state index in [1.807, 2.05) is 42.2 Å². The van der Waals surface area contributed by atoms with Crippen LogP contribution in [0.2, 0.25) is 0 Å². The number of hydrogen-bond donors (Lipinski definition) is 1. The van der Waals surface area contributed by atoms with Gasteiger partial charge in [-0.2, -0.15) is 5.10 Å². The molecule has 3 heterocycles. The van der Waals surface area contributed by atoms with Crippen molar-refractivity contribution in [3.63, 3.8) is 0 Å². The second-order valence-corrected chi connectivity index (χ2v) is 7.84. The molecule has 1 aromatic carbocycles. The van der Waals surface area contributed by atoms with Crippen LogP contribution in [0.25, 0.3) is 11.3 Å². The van der Waals surface area contributed by atoms with Gasteiger partial charge in [0, 0.05) is 37.1 Å². The number of amides is 1. The molecule has 0 spiro atoms. The highest BCUT2D eigenvalue weighted by atomic mass is 32.1. The van der Waals surface area contributed by atoms with Crippen molar-refractivity contribution < 1.29 is 4.79 Å². The molecular formula is C20H22N4OS. The number of carbonyl (C=O) groups excluding carboxylic acids is 1. The van der Waals surface area contributed by atoms with Gasteiger partial charge in [-0.1, -0.05) is 30.3 Å². The van der Waals surface area contributed by atoms with E-state index in [2.05, 4.69) is 33.3 Å². The Bertz CT molecular complexity index is 886. The third-order valence-corrected chi connectivity index (χ3v) is 5.70. The molecule has 0 unspecified atom stereocenters. The molecule has 1 saturated heterocycles. The van der Waals surface area contributed by atoms with E-state index in [1.165, 1.54) is 4.88 Å². The fourth-order valence-corrected chi connectivity index (χ4v) is 4.13. The number of nitrogens with one attached hydrogen (secondary N) is 1. The molecule has 26 heavy (non-hydrogen) atoms. The SMILES string of the molecule is Cc1ccc(C(=O)N2CCCN(c3cc(-c4ccccc4)[nH]n3)CC2)s1. The standard InChI is InChI=1S/C20H22N4OS/c1-15-8-9-18(26-15)20(25)24-11-5-10-23(12-13-24)19-14-17(21-22-19)16-6-3-2-4-7-16/h2-4,6-9,14H,5,10-13H2,1H3,(H,21,22). The largest absolute Gasteiger partial charge is 0.353 e. The fraction of sp³-hybridized carbons (Fsp3) is 0.300. The normalized spacial score (nSPS) is 15.1. The van der Waals surface area contributed by atoms with E-state index >= 15 is 0 Å². The van der Waals surface area contributed by atoms with Gasteiger partial charge in [-0.05, 0) is 31.0 Å². The minimum atomic E-state index is 0.150. The summed E-state index contributed by atoms with van der Waals surface area (Å²) in [7, 11) is 0. The Morgan fingerprint density at radius 2 is 1.92 bits per heavy atom. The number of carbonyl (C=O) groups is 1. The Kier molecular flexibility index (Phi) is 4.75. The van der Waals surface area contributed by atoms with Gasteiger partial charge >= 0.3 is 0 Å². The van der Waals surface area contributed by atoms with E-state index in [9.17, 15) is 4.79 Å². The molecule has 2 aromatic heterocycles. The topological polar surface area (TPSA) is 52.2 Å². The lowest BCUT2D eigenvalue weighted by Gasteiger charge is -2.21. The van der Waals surface area contributed by atoms with E-state index in [0.29, 0.717) is 0 Å². The quantitative estimate of drug-likeness (QED) is 0.767. The number of anilines is 1. The number of aromatic amines is 1. The van der Waals surface area contributed by atoms with Crippen LogP contribution in [-0.2, 0) is 0 Å². The van der Waals surface area contributed by atoms with Gasteiger partial charge in [-0.3, -0.25) is 9.89 Å². The molecule has 1 aliphatic rings. The van der Waals surface area contributed by atoms with E-state index in [-0.39, 0.29) is 5.91 Å². The second-order valence-electron chi connectivity index (χ2n) is 6.55. The average Bonchev–Trinajstić information content (AvgIpc) is 3.26. The first-order chi connectivity index (χ1) is 12.7. The molecule has 0 saturated carbocycles. The van der Waals surface area contributed by atoms with Crippen LogP contribution in [-0.4, -0.2) is 47.2 Å². The summed E-state index contributed by atoms with van der Waals surface area (Å²) in [6.45, 7) is 5.26. The Morgan fingerprint density at radius 3 is 2.69 bits per heavy atom. The molecule has 0 bridgehead atoms. The Morgan fingerprint density at radius 1 is 1.08 bits per heavy atom. The maximum Gasteiger partial charge on any atom is 0.263 e.